The van der Waals surface area contributed by atoms with Gasteiger partial charge in [0.25, 0.3) is 0 Å². The number of methoxy groups -OCH3 is 2. The van der Waals surface area contributed by atoms with Crippen molar-refractivity contribution in [2.75, 3.05) is 27.6 Å². The summed E-state index contributed by atoms with van der Waals surface area (Å²) in [4.78, 5) is 12.3. The van der Waals surface area contributed by atoms with Gasteiger partial charge < -0.3 is 18.9 Å². The van der Waals surface area contributed by atoms with Crippen LogP contribution in [0.4, 0.5) is 0 Å². The maximum atomic E-state index is 12.3. The molecule has 0 N–H and O–H groups in total. The van der Waals surface area contributed by atoms with E-state index in [-0.39, 0.29) is 12.8 Å². The molecule has 2 aromatic rings. The van der Waals surface area contributed by atoms with Crippen LogP contribution < -0.4 is 9.47 Å². The molecule has 2 rings (SSSR count). The molecule has 0 bridgehead atoms. The van der Waals surface area contributed by atoms with Crippen molar-refractivity contribution in [2.45, 2.75) is 40.0 Å². The zero-order chi connectivity index (χ0) is 20.5. The average molecular weight is 386 g/mol. The highest BCUT2D eigenvalue weighted by Gasteiger charge is 2.18. The van der Waals surface area contributed by atoms with Crippen LogP contribution in [0, 0.1) is 0 Å². The first-order valence-electron chi connectivity index (χ1n) is 9.73. The molecule has 0 atom stereocenters. The van der Waals surface area contributed by atoms with E-state index in [2.05, 4.69) is 13.0 Å². The van der Waals surface area contributed by atoms with Crippen molar-refractivity contribution in [2.24, 2.45) is 0 Å². The third-order valence-corrected chi connectivity index (χ3v) is 4.51. The molecule has 0 aromatic heterocycles. The predicted molar refractivity (Wildman–Crippen MR) is 112 cm³/mol. The Morgan fingerprint density at radius 3 is 2.54 bits per heavy atom. The maximum absolute atomic E-state index is 12.3. The Hall–Kier alpha value is -2.53. The van der Waals surface area contributed by atoms with Crippen molar-refractivity contribution in [1.29, 1.82) is 0 Å². The summed E-state index contributed by atoms with van der Waals surface area (Å²) in [6.07, 6.45) is 4.39. The van der Waals surface area contributed by atoms with Crippen LogP contribution in [0.2, 0.25) is 0 Å². The fraction of sp³-hybridized carbons (Fsp3) is 0.435. The molecule has 2 aromatic carbocycles. The summed E-state index contributed by atoms with van der Waals surface area (Å²) in [5.74, 6) is 0.981. The van der Waals surface area contributed by atoms with E-state index in [1.165, 1.54) is 5.56 Å². The highest BCUT2D eigenvalue weighted by Crippen LogP contribution is 2.41. The SMILES string of the molecule is CCCc1cccc2c(/C=C(/CC)C(=O)OCC)cc(OC)c(OCOC)c12. The molecule has 5 nitrogen and oxygen atoms in total. The van der Waals surface area contributed by atoms with E-state index >= 15 is 0 Å². The average Bonchev–Trinajstić information content (AvgIpc) is 2.71. The minimum absolute atomic E-state index is 0.129. The van der Waals surface area contributed by atoms with Crippen molar-refractivity contribution in [3.63, 3.8) is 0 Å². The fourth-order valence-electron chi connectivity index (χ4n) is 3.24. The first-order valence-corrected chi connectivity index (χ1v) is 9.73. The predicted octanol–water partition coefficient (Wildman–Crippen LogP) is 5.14. The Kier molecular flexibility index (Phi) is 8.33. The third-order valence-electron chi connectivity index (χ3n) is 4.51. The van der Waals surface area contributed by atoms with Gasteiger partial charge in [-0.2, -0.15) is 0 Å². The first kappa shape index (κ1) is 21.8. The Morgan fingerprint density at radius 2 is 1.93 bits per heavy atom. The van der Waals surface area contributed by atoms with E-state index in [0.717, 1.165) is 29.2 Å². The number of hydrogen-bond acceptors (Lipinski definition) is 5. The summed E-state index contributed by atoms with van der Waals surface area (Å²) < 4.78 is 21.8. The van der Waals surface area contributed by atoms with Crippen molar-refractivity contribution in [3.8, 4) is 11.5 Å². The molecule has 152 valence electrons. The standard InChI is InChI=1S/C23H30O5/c1-6-10-17-11-9-12-19-18(13-16(7-2)23(24)27-8-3)14-20(26-5)22(21(17)19)28-15-25-4/h9,11-14H,6-8,10,15H2,1-5H3/b16-13-. The van der Waals surface area contributed by atoms with Crippen molar-refractivity contribution in [1.82, 2.24) is 0 Å². The Labute approximate surface area is 167 Å². The van der Waals surface area contributed by atoms with Gasteiger partial charge in [0.1, 0.15) is 0 Å². The lowest BCUT2D eigenvalue weighted by molar-refractivity contribution is -0.138. The molecule has 0 radical (unpaired) electrons. The Morgan fingerprint density at radius 1 is 1.14 bits per heavy atom. The topological polar surface area (TPSA) is 54.0 Å². The molecule has 0 aliphatic heterocycles. The lowest BCUT2D eigenvalue weighted by Crippen LogP contribution is -2.07. The molecular formula is C23H30O5. The lowest BCUT2D eigenvalue weighted by atomic mass is 9.95. The van der Waals surface area contributed by atoms with Crippen LogP contribution in [0.15, 0.2) is 29.8 Å². The zero-order valence-electron chi connectivity index (χ0n) is 17.5. The van der Waals surface area contributed by atoms with Crippen molar-refractivity contribution < 1.29 is 23.7 Å². The third kappa shape index (κ3) is 4.84. The van der Waals surface area contributed by atoms with E-state index in [4.69, 9.17) is 18.9 Å². The van der Waals surface area contributed by atoms with Crippen LogP contribution in [-0.4, -0.2) is 33.6 Å². The monoisotopic (exact) mass is 386 g/mol. The second-order valence-corrected chi connectivity index (χ2v) is 6.38. The van der Waals surface area contributed by atoms with E-state index in [9.17, 15) is 4.79 Å². The number of aryl methyl sites for hydroxylation is 1. The molecule has 0 aliphatic carbocycles. The minimum Gasteiger partial charge on any atom is -0.493 e. The number of carbonyl (C=O) groups excluding carboxylic acids is 1. The van der Waals surface area contributed by atoms with E-state index in [0.29, 0.717) is 30.1 Å². The summed E-state index contributed by atoms with van der Waals surface area (Å²) in [7, 11) is 3.20. The van der Waals surface area contributed by atoms with Crippen LogP contribution in [0.1, 0.15) is 44.7 Å². The van der Waals surface area contributed by atoms with E-state index in [1.54, 1.807) is 14.2 Å². The molecule has 28 heavy (non-hydrogen) atoms. The van der Waals surface area contributed by atoms with Gasteiger partial charge in [0.15, 0.2) is 18.3 Å². The lowest BCUT2D eigenvalue weighted by Gasteiger charge is -2.18. The quantitative estimate of drug-likeness (QED) is 0.321. The van der Waals surface area contributed by atoms with Gasteiger partial charge in [-0.25, -0.2) is 4.79 Å². The molecule has 0 amide bonds. The highest BCUT2D eigenvalue weighted by atomic mass is 16.7. The van der Waals surface area contributed by atoms with Crippen LogP contribution in [0.3, 0.4) is 0 Å². The normalized spacial score (nSPS) is 11.5. The number of rotatable bonds is 10. The Bertz CT molecular complexity index is 838. The van der Waals surface area contributed by atoms with Gasteiger partial charge in [-0.15, -0.1) is 0 Å². The smallest absolute Gasteiger partial charge is 0.333 e. The second-order valence-electron chi connectivity index (χ2n) is 6.38. The summed E-state index contributed by atoms with van der Waals surface area (Å²) in [6.45, 7) is 6.38. The molecule has 0 heterocycles. The molecule has 0 saturated heterocycles. The first-order chi connectivity index (χ1) is 13.6. The summed E-state index contributed by atoms with van der Waals surface area (Å²) in [5.41, 5.74) is 2.70. The number of hydrogen-bond donors (Lipinski definition) is 0. The van der Waals surface area contributed by atoms with Crippen LogP contribution >= 0.6 is 0 Å². The molecule has 0 fully saturated rings. The van der Waals surface area contributed by atoms with Gasteiger partial charge >= 0.3 is 5.97 Å². The molecular weight excluding hydrogens is 356 g/mol. The van der Waals surface area contributed by atoms with Gasteiger partial charge in [0.2, 0.25) is 0 Å². The van der Waals surface area contributed by atoms with Crippen molar-refractivity contribution in [3.05, 3.63) is 41.0 Å². The number of carbonyl (C=O) groups is 1. The molecule has 0 saturated carbocycles. The van der Waals surface area contributed by atoms with E-state index < -0.39 is 0 Å². The Balaban J connectivity index is 2.77. The number of fused-ring (bicyclic) bond motifs is 1. The van der Waals surface area contributed by atoms with Crippen molar-refractivity contribution >= 4 is 22.8 Å². The van der Waals surface area contributed by atoms with Gasteiger partial charge in [-0.1, -0.05) is 38.5 Å². The summed E-state index contributed by atoms with van der Waals surface area (Å²) in [5, 5.41) is 2.00. The molecule has 5 heteroatoms. The number of ether oxygens (including phenoxy) is 4. The van der Waals surface area contributed by atoms with Gasteiger partial charge in [-0.05, 0) is 48.4 Å². The molecule has 0 unspecified atom stereocenters. The molecule has 0 spiro atoms. The van der Waals surface area contributed by atoms with Gasteiger partial charge in [0, 0.05) is 18.1 Å². The van der Waals surface area contributed by atoms with Gasteiger partial charge in [0.05, 0.1) is 13.7 Å². The van der Waals surface area contributed by atoms with Crippen LogP contribution in [0.25, 0.3) is 16.8 Å². The second kappa shape index (κ2) is 10.7. The van der Waals surface area contributed by atoms with Gasteiger partial charge in [-0.3, -0.25) is 0 Å². The number of esters is 1. The number of benzene rings is 2. The summed E-state index contributed by atoms with van der Waals surface area (Å²) >= 11 is 0. The largest absolute Gasteiger partial charge is 0.493 e. The fourth-order valence-corrected chi connectivity index (χ4v) is 3.24. The molecule has 0 aliphatic rings. The van der Waals surface area contributed by atoms with E-state index in [1.807, 2.05) is 38.1 Å². The van der Waals surface area contributed by atoms with Crippen LogP contribution in [-0.2, 0) is 20.7 Å². The maximum Gasteiger partial charge on any atom is 0.333 e. The zero-order valence-corrected chi connectivity index (χ0v) is 17.5. The minimum atomic E-state index is -0.290. The van der Waals surface area contributed by atoms with Crippen LogP contribution in [0.5, 0.6) is 11.5 Å². The highest BCUT2D eigenvalue weighted by molar-refractivity contribution is 6.02. The summed E-state index contributed by atoms with van der Waals surface area (Å²) in [6, 6.07) is 8.08.